The summed E-state index contributed by atoms with van der Waals surface area (Å²) in [6, 6.07) is 9.89. The van der Waals surface area contributed by atoms with Crippen LogP contribution in [-0.4, -0.2) is 15.9 Å². The Bertz CT molecular complexity index is 827. The second-order valence-corrected chi connectivity index (χ2v) is 6.28. The third-order valence-electron chi connectivity index (χ3n) is 3.66. The van der Waals surface area contributed by atoms with Crippen molar-refractivity contribution in [3.8, 4) is 11.3 Å². The van der Waals surface area contributed by atoms with Crippen LogP contribution >= 0.6 is 11.3 Å². The van der Waals surface area contributed by atoms with Gasteiger partial charge in [-0.05, 0) is 42.7 Å². The Kier molecular flexibility index (Phi) is 4.48. The molecule has 4 nitrogen and oxygen atoms in total. The highest BCUT2D eigenvalue weighted by Crippen LogP contribution is 2.24. The second-order valence-electron chi connectivity index (χ2n) is 5.42. The molecular formula is C18H17N3OS. The lowest BCUT2D eigenvalue weighted by Crippen LogP contribution is -2.14. The minimum Gasteiger partial charge on any atom is -0.302 e. The van der Waals surface area contributed by atoms with E-state index in [0.717, 1.165) is 16.8 Å². The maximum Gasteiger partial charge on any atom is 0.230 e. The lowest BCUT2D eigenvalue weighted by Gasteiger charge is -2.05. The number of thiazole rings is 1. The van der Waals surface area contributed by atoms with Crippen LogP contribution in [-0.2, 0) is 11.2 Å². The van der Waals surface area contributed by atoms with Crippen molar-refractivity contribution in [2.24, 2.45) is 0 Å². The van der Waals surface area contributed by atoms with Crippen LogP contribution in [0.15, 0.2) is 48.1 Å². The van der Waals surface area contributed by atoms with Gasteiger partial charge >= 0.3 is 0 Å². The molecule has 1 amide bonds. The number of nitrogens with one attached hydrogen (secondary N) is 1. The summed E-state index contributed by atoms with van der Waals surface area (Å²) in [6.45, 7) is 4.12. The molecule has 23 heavy (non-hydrogen) atoms. The maximum absolute atomic E-state index is 12.2. The van der Waals surface area contributed by atoms with E-state index in [9.17, 15) is 4.79 Å². The fraction of sp³-hybridized carbons (Fsp3) is 0.167. The normalized spacial score (nSPS) is 10.5. The predicted molar refractivity (Wildman–Crippen MR) is 93.6 cm³/mol. The first-order chi connectivity index (χ1) is 11.1. The van der Waals surface area contributed by atoms with E-state index >= 15 is 0 Å². The quantitative estimate of drug-likeness (QED) is 0.789. The van der Waals surface area contributed by atoms with Crippen molar-refractivity contribution in [3.63, 3.8) is 0 Å². The van der Waals surface area contributed by atoms with Crippen LogP contribution in [0.1, 0.15) is 16.7 Å². The zero-order valence-electron chi connectivity index (χ0n) is 13.0. The number of benzene rings is 1. The van der Waals surface area contributed by atoms with Gasteiger partial charge in [0.1, 0.15) is 0 Å². The lowest BCUT2D eigenvalue weighted by atomic mass is 10.0. The maximum atomic E-state index is 12.2. The molecule has 5 heteroatoms. The summed E-state index contributed by atoms with van der Waals surface area (Å²) in [5.41, 5.74) is 5.28. The number of hydrogen-bond acceptors (Lipinski definition) is 4. The molecule has 0 atom stereocenters. The molecule has 0 saturated carbocycles. The summed E-state index contributed by atoms with van der Waals surface area (Å²) >= 11 is 1.43. The third-order valence-corrected chi connectivity index (χ3v) is 4.42. The van der Waals surface area contributed by atoms with E-state index in [1.54, 1.807) is 12.4 Å². The summed E-state index contributed by atoms with van der Waals surface area (Å²) in [5, 5.41) is 5.42. The molecule has 2 aromatic heterocycles. The van der Waals surface area contributed by atoms with Crippen molar-refractivity contribution < 1.29 is 4.79 Å². The summed E-state index contributed by atoms with van der Waals surface area (Å²) in [7, 11) is 0. The smallest absolute Gasteiger partial charge is 0.230 e. The SMILES string of the molecule is Cc1ccc(CC(=O)Nc2nc(-c3ccncc3)cs2)cc1C. The van der Waals surface area contributed by atoms with Crippen molar-refractivity contribution >= 4 is 22.4 Å². The Morgan fingerprint density at radius 3 is 2.65 bits per heavy atom. The van der Waals surface area contributed by atoms with Gasteiger partial charge in [0.15, 0.2) is 5.13 Å². The Hall–Kier alpha value is -2.53. The molecule has 0 unspecified atom stereocenters. The Labute approximate surface area is 139 Å². The van der Waals surface area contributed by atoms with Gasteiger partial charge in [-0.25, -0.2) is 4.98 Å². The van der Waals surface area contributed by atoms with E-state index in [1.165, 1.54) is 22.5 Å². The number of aromatic nitrogens is 2. The van der Waals surface area contributed by atoms with Crippen molar-refractivity contribution in [2.75, 3.05) is 5.32 Å². The van der Waals surface area contributed by atoms with Crippen molar-refractivity contribution in [3.05, 3.63) is 64.8 Å². The highest BCUT2D eigenvalue weighted by Gasteiger charge is 2.09. The lowest BCUT2D eigenvalue weighted by molar-refractivity contribution is -0.115. The van der Waals surface area contributed by atoms with Crippen molar-refractivity contribution in [2.45, 2.75) is 20.3 Å². The molecule has 3 rings (SSSR count). The van der Waals surface area contributed by atoms with Crippen LogP contribution < -0.4 is 5.32 Å². The molecule has 0 spiro atoms. The van der Waals surface area contributed by atoms with E-state index in [-0.39, 0.29) is 5.91 Å². The number of pyridine rings is 1. The van der Waals surface area contributed by atoms with E-state index in [1.807, 2.05) is 29.6 Å². The first kappa shape index (κ1) is 15.4. The molecule has 2 heterocycles. The number of anilines is 1. The number of nitrogens with zero attached hydrogens (tertiary/aromatic N) is 2. The zero-order chi connectivity index (χ0) is 16.2. The molecule has 0 bridgehead atoms. The van der Waals surface area contributed by atoms with Crippen LogP contribution in [0.3, 0.4) is 0 Å². The standard InChI is InChI=1S/C18H17N3OS/c1-12-3-4-14(9-13(12)2)10-17(22)21-18-20-16(11-23-18)15-5-7-19-8-6-15/h3-9,11H,10H2,1-2H3,(H,20,21,22). The van der Waals surface area contributed by atoms with E-state index in [2.05, 4.69) is 35.2 Å². The number of rotatable bonds is 4. The monoisotopic (exact) mass is 323 g/mol. The van der Waals surface area contributed by atoms with Gasteiger partial charge in [0.05, 0.1) is 12.1 Å². The van der Waals surface area contributed by atoms with Gasteiger partial charge in [0, 0.05) is 23.3 Å². The van der Waals surface area contributed by atoms with Gasteiger partial charge in [0.25, 0.3) is 0 Å². The second kappa shape index (κ2) is 6.71. The third kappa shape index (κ3) is 3.81. The molecule has 0 saturated heterocycles. The largest absolute Gasteiger partial charge is 0.302 e. The van der Waals surface area contributed by atoms with E-state index in [4.69, 9.17) is 0 Å². The predicted octanol–water partition coefficient (Wildman–Crippen LogP) is 4.00. The molecule has 0 aliphatic carbocycles. The number of carbonyl (C=O) groups excluding carboxylic acids is 1. The first-order valence-corrected chi connectivity index (χ1v) is 8.22. The molecule has 0 radical (unpaired) electrons. The van der Waals surface area contributed by atoms with Crippen LogP contribution in [0.4, 0.5) is 5.13 Å². The van der Waals surface area contributed by atoms with E-state index < -0.39 is 0 Å². The Balaban J connectivity index is 1.66. The van der Waals surface area contributed by atoms with Crippen LogP contribution in [0.2, 0.25) is 0 Å². The molecule has 0 aliphatic heterocycles. The molecular weight excluding hydrogens is 306 g/mol. The molecule has 1 N–H and O–H groups in total. The van der Waals surface area contributed by atoms with Crippen LogP contribution in [0.25, 0.3) is 11.3 Å². The number of hydrogen-bond donors (Lipinski definition) is 1. The fourth-order valence-electron chi connectivity index (χ4n) is 2.25. The van der Waals surface area contributed by atoms with E-state index in [0.29, 0.717) is 11.6 Å². The Morgan fingerprint density at radius 1 is 1.13 bits per heavy atom. The highest BCUT2D eigenvalue weighted by atomic mass is 32.1. The number of aryl methyl sites for hydroxylation is 2. The Morgan fingerprint density at radius 2 is 1.91 bits per heavy atom. The minimum atomic E-state index is -0.0520. The summed E-state index contributed by atoms with van der Waals surface area (Å²) in [5.74, 6) is -0.0520. The topological polar surface area (TPSA) is 54.9 Å². The number of amides is 1. The average molecular weight is 323 g/mol. The van der Waals surface area contributed by atoms with Crippen molar-refractivity contribution in [1.29, 1.82) is 0 Å². The fourth-order valence-corrected chi connectivity index (χ4v) is 2.98. The highest BCUT2D eigenvalue weighted by molar-refractivity contribution is 7.14. The van der Waals surface area contributed by atoms with Crippen LogP contribution in [0.5, 0.6) is 0 Å². The van der Waals surface area contributed by atoms with Gasteiger partial charge in [-0.2, -0.15) is 0 Å². The van der Waals surface area contributed by atoms with Crippen molar-refractivity contribution in [1.82, 2.24) is 9.97 Å². The van der Waals surface area contributed by atoms with Gasteiger partial charge in [-0.3, -0.25) is 9.78 Å². The first-order valence-electron chi connectivity index (χ1n) is 7.34. The van der Waals surface area contributed by atoms with Gasteiger partial charge < -0.3 is 5.32 Å². The molecule has 116 valence electrons. The summed E-state index contributed by atoms with van der Waals surface area (Å²) in [6.07, 6.45) is 3.81. The van der Waals surface area contributed by atoms with Gasteiger partial charge in [0.2, 0.25) is 5.91 Å². The summed E-state index contributed by atoms with van der Waals surface area (Å²) < 4.78 is 0. The molecule has 0 fully saturated rings. The molecule has 3 aromatic rings. The molecule has 1 aromatic carbocycles. The number of carbonyl (C=O) groups is 1. The van der Waals surface area contributed by atoms with Gasteiger partial charge in [-0.15, -0.1) is 11.3 Å². The molecule has 0 aliphatic rings. The average Bonchev–Trinajstić information content (AvgIpc) is 3.00. The van der Waals surface area contributed by atoms with Gasteiger partial charge in [-0.1, -0.05) is 18.2 Å². The minimum absolute atomic E-state index is 0.0520. The summed E-state index contributed by atoms with van der Waals surface area (Å²) in [4.78, 5) is 20.6. The van der Waals surface area contributed by atoms with Crippen LogP contribution in [0, 0.1) is 13.8 Å². The zero-order valence-corrected chi connectivity index (χ0v) is 13.9.